The largest absolute Gasteiger partial charge is 0.501 e. The molecule has 0 amide bonds. The molecule has 0 heterocycles. The molecule has 13 heavy (non-hydrogen) atoms. The summed E-state index contributed by atoms with van der Waals surface area (Å²) in [5, 5.41) is 0. The second kappa shape index (κ2) is 8.78. The molecular formula is C5H14O3S4Si. The minimum absolute atomic E-state index is 0.822. The minimum Gasteiger partial charge on any atom is -0.377 e. The van der Waals surface area contributed by atoms with E-state index in [1.54, 1.807) is 41.9 Å². The molecule has 0 unspecified atom stereocenters. The first-order valence-corrected chi connectivity index (χ1v) is 10.1. The fraction of sp³-hybridized carbons (Fsp3) is 1.00. The predicted octanol–water partition coefficient (Wildman–Crippen LogP) is 2.74. The lowest BCUT2D eigenvalue weighted by molar-refractivity contribution is 0.125. The van der Waals surface area contributed by atoms with Crippen molar-refractivity contribution in [3.05, 3.63) is 0 Å². The van der Waals surface area contributed by atoms with Crippen LogP contribution in [0.3, 0.4) is 0 Å². The Hall–Kier alpha value is 1.50. The van der Waals surface area contributed by atoms with Crippen molar-refractivity contribution in [2.45, 2.75) is 6.04 Å². The zero-order valence-electron chi connectivity index (χ0n) is 7.81. The zero-order chi connectivity index (χ0) is 10.2. The van der Waals surface area contributed by atoms with Gasteiger partial charge in [0.2, 0.25) is 0 Å². The van der Waals surface area contributed by atoms with E-state index in [0.717, 1.165) is 11.8 Å². The molecule has 0 aliphatic carbocycles. The summed E-state index contributed by atoms with van der Waals surface area (Å²) in [6.07, 6.45) is 0. The van der Waals surface area contributed by atoms with E-state index in [1.165, 1.54) is 9.83 Å². The van der Waals surface area contributed by atoms with Gasteiger partial charge in [-0.2, -0.15) is 0 Å². The zero-order valence-corrected chi connectivity index (χ0v) is 12.2. The maximum absolute atomic E-state index is 5.26. The summed E-state index contributed by atoms with van der Waals surface area (Å²) in [6.45, 7) is 0. The highest BCUT2D eigenvalue weighted by Crippen LogP contribution is 2.38. The van der Waals surface area contributed by atoms with Gasteiger partial charge in [0.1, 0.15) is 0 Å². The highest BCUT2D eigenvalue weighted by Gasteiger charge is 2.36. The standard InChI is InChI=1S/C5H14O3S4Si/c1-6-13(7-2,8-3)5-4-10-12-11-9/h9H,4-5H2,1-3H3. The Kier molecular flexibility index (Phi) is 9.79. The molecule has 0 saturated heterocycles. The fourth-order valence-electron chi connectivity index (χ4n) is 0.778. The van der Waals surface area contributed by atoms with Crippen molar-refractivity contribution in [3.8, 4) is 0 Å². The maximum atomic E-state index is 5.26. The molecule has 0 N–H and O–H groups in total. The summed E-state index contributed by atoms with van der Waals surface area (Å²) in [4.78, 5) is 0. The van der Waals surface area contributed by atoms with E-state index in [0.29, 0.717) is 0 Å². The van der Waals surface area contributed by atoms with Crippen LogP contribution in [0.25, 0.3) is 0 Å². The second-order valence-electron chi connectivity index (χ2n) is 2.01. The average Bonchev–Trinajstić information content (AvgIpc) is 2.20. The van der Waals surface area contributed by atoms with Crippen LogP contribution in [0.1, 0.15) is 0 Å². The summed E-state index contributed by atoms with van der Waals surface area (Å²) < 4.78 is 15.8. The van der Waals surface area contributed by atoms with Crippen LogP contribution >= 0.6 is 42.1 Å². The molecule has 0 aromatic rings. The first kappa shape index (κ1) is 14.5. The first-order valence-electron chi connectivity index (χ1n) is 3.50. The van der Waals surface area contributed by atoms with E-state index in [1.807, 2.05) is 0 Å². The number of hydrogen-bond donors (Lipinski definition) is 1. The van der Waals surface area contributed by atoms with Crippen LogP contribution in [0.4, 0.5) is 0 Å². The molecule has 0 atom stereocenters. The van der Waals surface area contributed by atoms with Crippen LogP contribution in [-0.2, 0) is 13.3 Å². The van der Waals surface area contributed by atoms with E-state index >= 15 is 0 Å². The molecule has 0 bridgehead atoms. The van der Waals surface area contributed by atoms with Crippen LogP contribution in [-0.4, -0.2) is 35.9 Å². The van der Waals surface area contributed by atoms with E-state index < -0.39 is 8.80 Å². The average molecular weight is 279 g/mol. The van der Waals surface area contributed by atoms with Crippen molar-refractivity contribution in [3.63, 3.8) is 0 Å². The first-order chi connectivity index (χ1) is 6.24. The Morgan fingerprint density at radius 2 is 1.69 bits per heavy atom. The molecular weight excluding hydrogens is 264 g/mol. The molecule has 0 radical (unpaired) electrons. The van der Waals surface area contributed by atoms with E-state index in [-0.39, 0.29) is 0 Å². The van der Waals surface area contributed by atoms with Crippen LogP contribution in [0.5, 0.6) is 0 Å². The second-order valence-corrected chi connectivity index (χ2v) is 10.2. The van der Waals surface area contributed by atoms with Crippen molar-refractivity contribution in [2.24, 2.45) is 0 Å². The van der Waals surface area contributed by atoms with Crippen molar-refractivity contribution in [1.82, 2.24) is 0 Å². The van der Waals surface area contributed by atoms with Crippen LogP contribution in [0.15, 0.2) is 0 Å². The number of hydrogen-bond acceptors (Lipinski definition) is 7. The lowest BCUT2D eigenvalue weighted by Crippen LogP contribution is -2.43. The van der Waals surface area contributed by atoms with Crippen LogP contribution < -0.4 is 0 Å². The number of rotatable bonds is 8. The monoisotopic (exact) mass is 278 g/mol. The maximum Gasteiger partial charge on any atom is 0.501 e. The van der Waals surface area contributed by atoms with Gasteiger partial charge in [-0.1, -0.05) is 22.5 Å². The van der Waals surface area contributed by atoms with Crippen molar-refractivity contribution < 1.29 is 13.3 Å². The summed E-state index contributed by atoms with van der Waals surface area (Å²) in [7, 11) is 7.35. The molecule has 0 saturated carbocycles. The third-order valence-electron chi connectivity index (χ3n) is 1.50. The van der Waals surface area contributed by atoms with Crippen molar-refractivity contribution in [2.75, 3.05) is 27.1 Å². The molecule has 0 aromatic carbocycles. The quantitative estimate of drug-likeness (QED) is 0.318. The van der Waals surface area contributed by atoms with E-state index in [4.69, 9.17) is 13.3 Å². The Bertz CT molecular complexity index is 116. The lowest BCUT2D eigenvalue weighted by Gasteiger charge is -2.23. The van der Waals surface area contributed by atoms with Gasteiger partial charge in [-0.15, -0.1) is 0 Å². The SMILES string of the molecule is CO[Si](CCSSSS)(OC)OC. The smallest absolute Gasteiger partial charge is 0.377 e. The van der Waals surface area contributed by atoms with Crippen LogP contribution in [0.2, 0.25) is 6.04 Å². The third kappa shape index (κ3) is 5.83. The fourth-order valence-corrected chi connectivity index (χ4v) is 6.58. The Morgan fingerprint density at radius 3 is 2.08 bits per heavy atom. The summed E-state index contributed by atoms with van der Waals surface area (Å²) in [5.41, 5.74) is 0. The van der Waals surface area contributed by atoms with Gasteiger partial charge in [0.25, 0.3) is 0 Å². The van der Waals surface area contributed by atoms with Crippen molar-refractivity contribution >= 4 is 50.9 Å². The van der Waals surface area contributed by atoms with E-state index in [9.17, 15) is 0 Å². The summed E-state index contributed by atoms with van der Waals surface area (Å²) in [6, 6.07) is 0.822. The molecule has 0 fully saturated rings. The van der Waals surface area contributed by atoms with Gasteiger partial charge < -0.3 is 13.3 Å². The Morgan fingerprint density at radius 1 is 1.15 bits per heavy atom. The third-order valence-corrected chi connectivity index (χ3v) is 9.15. The normalized spacial score (nSPS) is 12.0. The molecule has 0 rings (SSSR count). The van der Waals surface area contributed by atoms with Crippen LogP contribution in [0, 0.1) is 0 Å². The number of thiol groups is 1. The minimum atomic E-state index is -2.34. The molecule has 0 aliphatic heterocycles. The lowest BCUT2D eigenvalue weighted by atomic mass is 11.0. The van der Waals surface area contributed by atoms with Gasteiger partial charge in [0.15, 0.2) is 0 Å². The summed E-state index contributed by atoms with van der Waals surface area (Å²) >= 11 is 4.01. The summed E-state index contributed by atoms with van der Waals surface area (Å²) in [5.74, 6) is 0.944. The Balaban J connectivity index is 3.68. The van der Waals surface area contributed by atoms with Gasteiger partial charge in [-0.3, -0.25) is 0 Å². The topological polar surface area (TPSA) is 27.7 Å². The van der Waals surface area contributed by atoms with E-state index in [2.05, 4.69) is 11.7 Å². The molecule has 0 aromatic heterocycles. The van der Waals surface area contributed by atoms with Gasteiger partial charge in [0, 0.05) is 33.1 Å². The Labute approximate surface area is 97.0 Å². The highest BCUT2D eigenvalue weighted by molar-refractivity contribution is 9.23. The van der Waals surface area contributed by atoms with Gasteiger partial charge in [-0.05, 0) is 19.7 Å². The van der Waals surface area contributed by atoms with Crippen molar-refractivity contribution in [1.29, 1.82) is 0 Å². The molecule has 0 aliphatic rings. The highest BCUT2D eigenvalue weighted by atomic mass is 33.7. The molecule has 0 spiro atoms. The predicted molar refractivity (Wildman–Crippen MR) is 68.2 cm³/mol. The molecule has 3 nitrogen and oxygen atoms in total. The molecule has 8 heteroatoms. The van der Waals surface area contributed by atoms with Gasteiger partial charge in [-0.25, -0.2) is 0 Å². The molecule has 80 valence electrons. The van der Waals surface area contributed by atoms with Gasteiger partial charge in [0.05, 0.1) is 0 Å². The van der Waals surface area contributed by atoms with Gasteiger partial charge >= 0.3 is 8.80 Å².